The van der Waals surface area contributed by atoms with E-state index in [1.807, 2.05) is 30.8 Å². The summed E-state index contributed by atoms with van der Waals surface area (Å²) in [6.45, 7) is 7.13. The monoisotopic (exact) mass is 315 g/mol. The van der Waals surface area contributed by atoms with Crippen LogP contribution in [-0.2, 0) is 6.54 Å². The van der Waals surface area contributed by atoms with Crippen LogP contribution in [0.1, 0.15) is 11.3 Å². The molecular formula is C16H21N5S. The van der Waals surface area contributed by atoms with Gasteiger partial charge in [0.15, 0.2) is 5.16 Å². The van der Waals surface area contributed by atoms with Crippen LogP contribution in [0.25, 0.3) is 0 Å². The van der Waals surface area contributed by atoms with E-state index in [1.54, 1.807) is 11.8 Å². The first-order chi connectivity index (χ1) is 10.8. The molecule has 1 fully saturated rings. The van der Waals surface area contributed by atoms with E-state index >= 15 is 0 Å². The third-order valence-electron chi connectivity index (χ3n) is 3.99. The van der Waals surface area contributed by atoms with Crippen molar-refractivity contribution in [3.63, 3.8) is 0 Å². The molecule has 0 atom stereocenters. The predicted octanol–water partition coefficient (Wildman–Crippen LogP) is 2.22. The van der Waals surface area contributed by atoms with E-state index in [9.17, 15) is 0 Å². The minimum absolute atomic E-state index is 0.837. The topological polar surface area (TPSA) is 45.2 Å². The van der Waals surface area contributed by atoms with Crippen molar-refractivity contribution in [2.24, 2.45) is 0 Å². The van der Waals surface area contributed by atoms with Crippen molar-refractivity contribution in [3.8, 4) is 0 Å². The Kier molecular flexibility index (Phi) is 4.90. The first kappa shape index (κ1) is 15.2. The molecule has 2 aromatic heterocycles. The Balaban J connectivity index is 1.59. The van der Waals surface area contributed by atoms with Crippen molar-refractivity contribution in [3.05, 3.63) is 41.9 Å². The van der Waals surface area contributed by atoms with E-state index in [0.29, 0.717) is 0 Å². The average molecular weight is 315 g/mol. The van der Waals surface area contributed by atoms with Gasteiger partial charge >= 0.3 is 0 Å². The maximum absolute atomic E-state index is 4.58. The van der Waals surface area contributed by atoms with Crippen LogP contribution in [0.5, 0.6) is 0 Å². The van der Waals surface area contributed by atoms with E-state index in [2.05, 4.69) is 37.7 Å². The normalized spacial score (nSPS) is 16.0. The molecule has 0 amide bonds. The number of piperazine rings is 1. The van der Waals surface area contributed by atoms with Crippen LogP contribution in [0.4, 0.5) is 5.82 Å². The lowest BCUT2D eigenvalue weighted by Gasteiger charge is -2.35. The van der Waals surface area contributed by atoms with Gasteiger partial charge < -0.3 is 4.90 Å². The van der Waals surface area contributed by atoms with Crippen LogP contribution in [0.15, 0.2) is 35.7 Å². The van der Waals surface area contributed by atoms with Crippen LogP contribution in [0.3, 0.4) is 0 Å². The zero-order valence-corrected chi connectivity index (χ0v) is 13.9. The second kappa shape index (κ2) is 7.07. The molecule has 0 N–H and O–H groups in total. The van der Waals surface area contributed by atoms with Crippen molar-refractivity contribution in [2.75, 3.05) is 37.3 Å². The molecular weight excluding hydrogens is 294 g/mol. The summed E-state index contributed by atoms with van der Waals surface area (Å²) in [5.41, 5.74) is 2.45. The van der Waals surface area contributed by atoms with Crippen LogP contribution in [0, 0.1) is 6.92 Å². The predicted molar refractivity (Wildman–Crippen MR) is 90.3 cm³/mol. The minimum atomic E-state index is 0.837. The van der Waals surface area contributed by atoms with Crippen LogP contribution >= 0.6 is 11.8 Å². The van der Waals surface area contributed by atoms with Gasteiger partial charge in [0.25, 0.3) is 0 Å². The van der Waals surface area contributed by atoms with E-state index in [1.165, 1.54) is 11.3 Å². The molecule has 22 heavy (non-hydrogen) atoms. The smallest absolute Gasteiger partial charge is 0.189 e. The molecule has 1 aliphatic rings. The molecule has 0 unspecified atom stereocenters. The summed E-state index contributed by atoms with van der Waals surface area (Å²) in [6, 6.07) is 6.12. The highest BCUT2D eigenvalue weighted by molar-refractivity contribution is 7.98. The first-order valence-corrected chi connectivity index (χ1v) is 8.73. The Labute approximate surface area is 135 Å². The molecule has 0 radical (unpaired) electrons. The van der Waals surface area contributed by atoms with Gasteiger partial charge in [-0.25, -0.2) is 9.97 Å². The number of pyridine rings is 1. The summed E-state index contributed by atoms with van der Waals surface area (Å²) in [5.74, 6) is 1.04. The molecule has 3 rings (SSSR count). The van der Waals surface area contributed by atoms with E-state index in [0.717, 1.165) is 43.7 Å². The van der Waals surface area contributed by atoms with Gasteiger partial charge in [0, 0.05) is 45.1 Å². The van der Waals surface area contributed by atoms with Gasteiger partial charge in [-0.1, -0.05) is 17.8 Å². The highest BCUT2D eigenvalue weighted by atomic mass is 32.2. The maximum atomic E-state index is 4.58. The standard InChI is InChI=1S/C16H21N5S/c1-13-4-3-6-17-14(13)12-20-8-10-21(11-9-20)15-5-7-18-16(19-15)22-2/h3-7H,8-12H2,1-2H3. The van der Waals surface area contributed by atoms with Crippen molar-refractivity contribution in [1.29, 1.82) is 0 Å². The zero-order chi connectivity index (χ0) is 15.4. The number of hydrogen-bond acceptors (Lipinski definition) is 6. The van der Waals surface area contributed by atoms with E-state index < -0.39 is 0 Å². The Hall–Kier alpha value is -1.66. The fourth-order valence-corrected chi connectivity index (χ4v) is 2.99. The number of nitrogens with zero attached hydrogens (tertiary/aromatic N) is 5. The third-order valence-corrected chi connectivity index (χ3v) is 4.55. The number of rotatable bonds is 4. The van der Waals surface area contributed by atoms with Crippen molar-refractivity contribution in [1.82, 2.24) is 19.9 Å². The SMILES string of the molecule is CSc1nccc(N2CCN(Cc3ncccc3C)CC2)n1. The second-order valence-electron chi connectivity index (χ2n) is 5.43. The van der Waals surface area contributed by atoms with Gasteiger partial charge in [0.05, 0.1) is 5.69 Å². The molecule has 0 bridgehead atoms. The third kappa shape index (κ3) is 3.56. The highest BCUT2D eigenvalue weighted by Crippen LogP contribution is 2.17. The van der Waals surface area contributed by atoms with Gasteiger partial charge in [-0.2, -0.15) is 0 Å². The number of aromatic nitrogens is 3. The van der Waals surface area contributed by atoms with Crippen molar-refractivity contribution >= 4 is 17.6 Å². The zero-order valence-electron chi connectivity index (χ0n) is 13.1. The number of hydrogen-bond donors (Lipinski definition) is 0. The maximum Gasteiger partial charge on any atom is 0.189 e. The summed E-state index contributed by atoms with van der Waals surface area (Å²) < 4.78 is 0. The molecule has 1 aliphatic heterocycles. The number of anilines is 1. The lowest BCUT2D eigenvalue weighted by atomic mass is 10.2. The number of aryl methyl sites for hydroxylation is 1. The Morgan fingerprint density at radius 2 is 1.91 bits per heavy atom. The molecule has 3 heterocycles. The molecule has 116 valence electrons. The second-order valence-corrected chi connectivity index (χ2v) is 6.21. The van der Waals surface area contributed by atoms with E-state index in [4.69, 9.17) is 0 Å². The fraction of sp³-hybridized carbons (Fsp3) is 0.438. The summed E-state index contributed by atoms with van der Waals surface area (Å²) in [4.78, 5) is 18.1. The molecule has 0 aliphatic carbocycles. The quantitative estimate of drug-likeness (QED) is 0.637. The summed E-state index contributed by atoms with van der Waals surface area (Å²) >= 11 is 1.58. The molecule has 6 heteroatoms. The molecule has 1 saturated heterocycles. The van der Waals surface area contributed by atoms with Gasteiger partial charge in [-0.3, -0.25) is 9.88 Å². The Morgan fingerprint density at radius 3 is 2.64 bits per heavy atom. The minimum Gasteiger partial charge on any atom is -0.354 e. The fourth-order valence-electron chi connectivity index (χ4n) is 2.64. The van der Waals surface area contributed by atoms with Crippen molar-refractivity contribution < 1.29 is 0 Å². The van der Waals surface area contributed by atoms with E-state index in [-0.39, 0.29) is 0 Å². The molecule has 5 nitrogen and oxygen atoms in total. The summed E-state index contributed by atoms with van der Waals surface area (Å²) in [6.07, 6.45) is 5.73. The molecule has 0 spiro atoms. The van der Waals surface area contributed by atoms with Gasteiger partial charge in [-0.15, -0.1) is 0 Å². The Morgan fingerprint density at radius 1 is 1.09 bits per heavy atom. The first-order valence-electron chi connectivity index (χ1n) is 7.51. The highest BCUT2D eigenvalue weighted by Gasteiger charge is 2.19. The molecule has 2 aromatic rings. The summed E-state index contributed by atoms with van der Waals surface area (Å²) in [7, 11) is 0. The van der Waals surface area contributed by atoms with Crippen LogP contribution in [0.2, 0.25) is 0 Å². The van der Waals surface area contributed by atoms with Gasteiger partial charge in [0.1, 0.15) is 5.82 Å². The lowest BCUT2D eigenvalue weighted by molar-refractivity contribution is 0.246. The van der Waals surface area contributed by atoms with Crippen molar-refractivity contribution in [2.45, 2.75) is 18.6 Å². The Bertz CT molecular complexity index is 625. The molecule has 0 aromatic carbocycles. The summed E-state index contributed by atoms with van der Waals surface area (Å²) in [5, 5.41) is 0.837. The average Bonchev–Trinajstić information content (AvgIpc) is 2.58. The van der Waals surface area contributed by atoms with Gasteiger partial charge in [-0.05, 0) is 30.9 Å². The lowest BCUT2D eigenvalue weighted by Crippen LogP contribution is -2.46. The number of thioether (sulfide) groups is 1. The molecule has 0 saturated carbocycles. The van der Waals surface area contributed by atoms with Crippen LogP contribution in [-0.4, -0.2) is 52.3 Å². The van der Waals surface area contributed by atoms with Gasteiger partial charge in [0.2, 0.25) is 0 Å². The van der Waals surface area contributed by atoms with Crippen LogP contribution < -0.4 is 4.90 Å². The largest absolute Gasteiger partial charge is 0.354 e.